The first-order chi connectivity index (χ1) is 7.08. The highest BCUT2D eigenvalue weighted by Gasteiger charge is 2.14. The number of aromatic nitrogens is 3. The maximum Gasteiger partial charge on any atom is 0.358 e. The van der Waals surface area contributed by atoms with Crippen LogP contribution < -0.4 is 0 Å². The van der Waals surface area contributed by atoms with Gasteiger partial charge in [-0.3, -0.25) is 4.68 Å². The van der Waals surface area contributed by atoms with Crippen LogP contribution in [-0.2, 0) is 7.05 Å². The van der Waals surface area contributed by atoms with E-state index in [4.69, 9.17) is 9.63 Å². The fourth-order valence-electron chi connectivity index (χ4n) is 1.18. The second kappa shape index (κ2) is 3.23. The van der Waals surface area contributed by atoms with Crippen LogP contribution in [0.1, 0.15) is 16.2 Å². The fraction of sp³-hybridized carbons (Fsp3) is 0.222. The van der Waals surface area contributed by atoms with Crippen molar-refractivity contribution in [3.8, 4) is 11.5 Å². The number of rotatable bonds is 2. The highest BCUT2D eigenvalue weighted by Crippen LogP contribution is 2.19. The number of aryl methyl sites for hydroxylation is 2. The first kappa shape index (κ1) is 9.45. The second-order valence-electron chi connectivity index (χ2n) is 3.18. The molecule has 0 aromatic carbocycles. The average molecular weight is 207 g/mol. The van der Waals surface area contributed by atoms with E-state index >= 15 is 0 Å². The summed E-state index contributed by atoms with van der Waals surface area (Å²) in [6.07, 6.45) is 0. The van der Waals surface area contributed by atoms with Gasteiger partial charge < -0.3 is 9.63 Å². The molecule has 1 N–H and O–H groups in total. The lowest BCUT2D eigenvalue weighted by atomic mass is 10.3. The molecular weight excluding hydrogens is 198 g/mol. The summed E-state index contributed by atoms with van der Waals surface area (Å²) < 4.78 is 6.55. The lowest BCUT2D eigenvalue weighted by Crippen LogP contribution is -1.94. The van der Waals surface area contributed by atoms with Crippen LogP contribution in [-0.4, -0.2) is 26.0 Å². The number of aromatic carboxylic acids is 1. The lowest BCUT2D eigenvalue weighted by molar-refractivity contribution is 0.0686. The monoisotopic (exact) mass is 207 g/mol. The minimum absolute atomic E-state index is 0.117. The number of carboxylic acids is 1. The molecule has 0 aliphatic heterocycles. The Morgan fingerprint density at radius 2 is 2.27 bits per heavy atom. The van der Waals surface area contributed by atoms with Gasteiger partial charge >= 0.3 is 5.97 Å². The molecular formula is C9H9N3O3. The van der Waals surface area contributed by atoms with Gasteiger partial charge in [0.15, 0.2) is 11.5 Å². The largest absolute Gasteiger partial charge is 0.476 e. The van der Waals surface area contributed by atoms with Crippen LogP contribution >= 0.6 is 0 Å². The molecule has 0 aliphatic rings. The Morgan fingerprint density at radius 1 is 1.53 bits per heavy atom. The maximum atomic E-state index is 10.6. The molecule has 0 radical (unpaired) electrons. The van der Waals surface area contributed by atoms with Gasteiger partial charge in [-0.15, -0.1) is 0 Å². The highest BCUT2D eigenvalue weighted by atomic mass is 16.5. The Labute approximate surface area is 85.1 Å². The van der Waals surface area contributed by atoms with Crippen molar-refractivity contribution in [2.75, 3.05) is 0 Å². The van der Waals surface area contributed by atoms with Crippen LogP contribution in [0.15, 0.2) is 16.7 Å². The second-order valence-corrected chi connectivity index (χ2v) is 3.18. The van der Waals surface area contributed by atoms with Gasteiger partial charge in [0.05, 0.1) is 0 Å². The summed E-state index contributed by atoms with van der Waals surface area (Å²) in [6.45, 7) is 1.89. The molecule has 0 bridgehead atoms. The number of hydrogen-bond donors (Lipinski definition) is 1. The van der Waals surface area contributed by atoms with Crippen molar-refractivity contribution >= 4 is 5.97 Å². The zero-order chi connectivity index (χ0) is 11.0. The van der Waals surface area contributed by atoms with E-state index < -0.39 is 5.97 Å². The van der Waals surface area contributed by atoms with Gasteiger partial charge in [-0.2, -0.15) is 5.10 Å². The molecule has 0 saturated heterocycles. The first-order valence-electron chi connectivity index (χ1n) is 4.29. The van der Waals surface area contributed by atoms with Crippen molar-refractivity contribution in [2.24, 2.45) is 7.05 Å². The third-order valence-corrected chi connectivity index (χ3v) is 2.10. The number of nitrogens with zero attached hydrogens (tertiary/aromatic N) is 3. The zero-order valence-corrected chi connectivity index (χ0v) is 8.26. The average Bonchev–Trinajstić information content (AvgIpc) is 2.74. The molecule has 15 heavy (non-hydrogen) atoms. The topological polar surface area (TPSA) is 81.2 Å². The summed E-state index contributed by atoms with van der Waals surface area (Å²) in [5, 5.41) is 16.2. The Balaban J connectivity index is 2.41. The lowest BCUT2D eigenvalue weighted by Gasteiger charge is -1.88. The van der Waals surface area contributed by atoms with Crippen molar-refractivity contribution in [1.29, 1.82) is 0 Å². The molecule has 2 heterocycles. The van der Waals surface area contributed by atoms with Gasteiger partial charge in [-0.1, -0.05) is 5.16 Å². The molecule has 0 fully saturated rings. The Kier molecular flexibility index (Phi) is 2.03. The predicted molar refractivity (Wildman–Crippen MR) is 50.4 cm³/mol. The van der Waals surface area contributed by atoms with Gasteiger partial charge in [0, 0.05) is 18.8 Å². The Morgan fingerprint density at radius 3 is 2.73 bits per heavy atom. The van der Waals surface area contributed by atoms with Crippen LogP contribution in [0.3, 0.4) is 0 Å². The molecule has 0 spiro atoms. The number of carboxylic acid groups (broad SMARTS) is 1. The maximum absolute atomic E-state index is 10.6. The predicted octanol–water partition coefficient (Wildman–Crippen LogP) is 1.08. The van der Waals surface area contributed by atoms with E-state index in [9.17, 15) is 4.79 Å². The van der Waals surface area contributed by atoms with Gasteiger partial charge in [-0.25, -0.2) is 4.79 Å². The van der Waals surface area contributed by atoms with Crippen molar-refractivity contribution in [3.05, 3.63) is 23.5 Å². The van der Waals surface area contributed by atoms with Crippen LogP contribution in [0.25, 0.3) is 11.5 Å². The van der Waals surface area contributed by atoms with Gasteiger partial charge in [0.2, 0.25) is 0 Å². The zero-order valence-electron chi connectivity index (χ0n) is 8.26. The van der Waals surface area contributed by atoms with Crippen LogP contribution in [0.5, 0.6) is 0 Å². The summed E-state index contributed by atoms with van der Waals surface area (Å²) in [6, 6.07) is 3.15. The smallest absolute Gasteiger partial charge is 0.358 e. The molecule has 0 atom stereocenters. The van der Waals surface area contributed by atoms with Crippen molar-refractivity contribution in [2.45, 2.75) is 6.92 Å². The van der Waals surface area contributed by atoms with E-state index in [1.165, 1.54) is 6.07 Å². The normalized spacial score (nSPS) is 10.5. The Bertz CT molecular complexity index is 493. The van der Waals surface area contributed by atoms with Crippen LogP contribution in [0, 0.1) is 6.92 Å². The van der Waals surface area contributed by atoms with Crippen molar-refractivity contribution < 1.29 is 14.4 Å². The van der Waals surface area contributed by atoms with Crippen LogP contribution in [0.4, 0.5) is 0 Å². The van der Waals surface area contributed by atoms with E-state index in [2.05, 4.69) is 10.3 Å². The van der Waals surface area contributed by atoms with Crippen molar-refractivity contribution in [1.82, 2.24) is 14.9 Å². The fourth-order valence-corrected chi connectivity index (χ4v) is 1.18. The molecule has 78 valence electrons. The van der Waals surface area contributed by atoms with E-state index in [-0.39, 0.29) is 5.69 Å². The van der Waals surface area contributed by atoms with E-state index in [0.29, 0.717) is 11.5 Å². The molecule has 6 nitrogen and oxygen atoms in total. The minimum Gasteiger partial charge on any atom is -0.476 e. The van der Waals surface area contributed by atoms with E-state index in [0.717, 1.165) is 5.69 Å². The summed E-state index contributed by atoms with van der Waals surface area (Å²) >= 11 is 0. The number of carbonyl (C=O) groups is 1. The molecule has 2 aromatic rings. The third-order valence-electron chi connectivity index (χ3n) is 2.10. The molecule has 0 saturated carbocycles. The SMILES string of the molecule is Cc1cc(-c2cc(C(=O)O)no2)nn1C. The van der Waals surface area contributed by atoms with Crippen molar-refractivity contribution in [3.63, 3.8) is 0 Å². The van der Waals surface area contributed by atoms with Crippen LogP contribution in [0.2, 0.25) is 0 Å². The number of hydrogen-bond acceptors (Lipinski definition) is 4. The summed E-state index contributed by atoms with van der Waals surface area (Å²) in [4.78, 5) is 10.6. The molecule has 0 unspecified atom stereocenters. The summed E-state index contributed by atoms with van der Waals surface area (Å²) in [7, 11) is 1.80. The minimum atomic E-state index is -1.11. The quantitative estimate of drug-likeness (QED) is 0.796. The van der Waals surface area contributed by atoms with E-state index in [1.807, 2.05) is 6.92 Å². The van der Waals surface area contributed by atoms with Gasteiger partial charge in [-0.05, 0) is 13.0 Å². The molecule has 0 amide bonds. The summed E-state index contributed by atoms with van der Waals surface area (Å²) in [5.74, 6) is -0.756. The molecule has 0 aliphatic carbocycles. The van der Waals surface area contributed by atoms with E-state index in [1.54, 1.807) is 17.8 Å². The Hall–Kier alpha value is -2.11. The molecule has 2 rings (SSSR count). The molecule has 6 heteroatoms. The van der Waals surface area contributed by atoms with Gasteiger partial charge in [0.25, 0.3) is 0 Å². The highest BCUT2D eigenvalue weighted by molar-refractivity contribution is 5.86. The third kappa shape index (κ3) is 1.61. The molecule has 2 aromatic heterocycles. The first-order valence-corrected chi connectivity index (χ1v) is 4.29. The standard InChI is InChI=1S/C9H9N3O3/c1-5-3-6(10-12(5)2)8-4-7(9(13)14)11-15-8/h3-4H,1-2H3,(H,13,14). The van der Waals surface area contributed by atoms with Gasteiger partial charge in [0.1, 0.15) is 5.69 Å². The summed E-state index contributed by atoms with van der Waals surface area (Å²) in [5.41, 5.74) is 1.42.